The van der Waals surface area contributed by atoms with Crippen LogP contribution in [0.4, 0.5) is 23.4 Å². The summed E-state index contributed by atoms with van der Waals surface area (Å²) in [6.07, 6.45) is -2.58. The Balaban J connectivity index is 1.39. The molecule has 2 aromatic heterocycles. The summed E-state index contributed by atoms with van der Waals surface area (Å²) >= 11 is 0. The van der Waals surface area contributed by atoms with E-state index in [1.165, 1.54) is 18.5 Å². The summed E-state index contributed by atoms with van der Waals surface area (Å²) in [4.78, 5) is 16.2. The Kier molecular flexibility index (Phi) is 5.86. The Morgan fingerprint density at radius 2 is 1.87 bits per heavy atom. The fraction of sp³-hybridized carbons (Fsp3) is 0.400. The van der Waals surface area contributed by atoms with Crippen molar-refractivity contribution in [3.05, 3.63) is 53.6 Å². The lowest BCUT2D eigenvalue weighted by molar-refractivity contribution is -0.137. The summed E-state index contributed by atoms with van der Waals surface area (Å²) in [6, 6.07) is 4.80. The van der Waals surface area contributed by atoms with Crippen molar-refractivity contribution in [2.75, 3.05) is 31.1 Å². The maximum atomic E-state index is 14.5. The van der Waals surface area contributed by atoms with Crippen LogP contribution in [0.3, 0.4) is 0 Å². The third-order valence-electron chi connectivity index (χ3n) is 5.13. The molecule has 4 rings (SSSR count). The number of nitrogens with zero attached hydrogens (tertiary/aromatic N) is 6. The summed E-state index contributed by atoms with van der Waals surface area (Å²) in [7, 11) is 0. The minimum Gasteiger partial charge on any atom is -0.352 e. The van der Waals surface area contributed by atoms with E-state index in [1.54, 1.807) is 0 Å². The summed E-state index contributed by atoms with van der Waals surface area (Å²) in [5, 5.41) is 3.81. The molecule has 7 nitrogen and oxygen atoms in total. The second-order valence-electron chi connectivity index (χ2n) is 7.16. The highest BCUT2D eigenvalue weighted by atomic mass is 19.4. The Morgan fingerprint density at radius 3 is 2.58 bits per heavy atom. The molecular formula is C20H20F4N6O. The summed E-state index contributed by atoms with van der Waals surface area (Å²) < 4.78 is 58.5. The van der Waals surface area contributed by atoms with Gasteiger partial charge in [-0.2, -0.15) is 18.2 Å². The number of anilines is 1. The summed E-state index contributed by atoms with van der Waals surface area (Å²) in [5.41, 5.74) is -0.142. The van der Waals surface area contributed by atoms with Crippen LogP contribution in [0.5, 0.6) is 0 Å². The van der Waals surface area contributed by atoms with Gasteiger partial charge in [-0.3, -0.25) is 4.90 Å². The van der Waals surface area contributed by atoms with E-state index in [-0.39, 0.29) is 17.2 Å². The summed E-state index contributed by atoms with van der Waals surface area (Å²) in [6.45, 7) is 4.55. The van der Waals surface area contributed by atoms with Gasteiger partial charge in [-0.05, 0) is 18.6 Å². The third kappa shape index (κ3) is 4.66. The van der Waals surface area contributed by atoms with Crippen molar-refractivity contribution in [1.29, 1.82) is 0 Å². The smallest absolute Gasteiger partial charge is 0.352 e. The fourth-order valence-electron chi connectivity index (χ4n) is 3.44. The lowest BCUT2D eigenvalue weighted by Gasteiger charge is -2.34. The number of benzene rings is 1. The van der Waals surface area contributed by atoms with E-state index in [4.69, 9.17) is 4.52 Å². The molecular weight excluding hydrogens is 416 g/mol. The third-order valence-corrected chi connectivity index (χ3v) is 5.13. The van der Waals surface area contributed by atoms with E-state index < -0.39 is 11.7 Å². The predicted molar refractivity (Wildman–Crippen MR) is 104 cm³/mol. The van der Waals surface area contributed by atoms with E-state index >= 15 is 0 Å². The number of rotatable bonds is 5. The number of aryl methyl sites for hydroxylation is 1. The van der Waals surface area contributed by atoms with Gasteiger partial charge in [0.25, 0.3) is 0 Å². The highest BCUT2D eigenvalue weighted by Crippen LogP contribution is 2.31. The molecule has 1 aliphatic rings. The number of piperazine rings is 1. The zero-order valence-corrected chi connectivity index (χ0v) is 16.7. The molecule has 31 heavy (non-hydrogen) atoms. The molecule has 0 spiro atoms. The number of hydrogen-bond donors (Lipinski definition) is 0. The van der Waals surface area contributed by atoms with Crippen LogP contribution in [0.15, 0.2) is 35.1 Å². The first kappa shape index (κ1) is 21.2. The molecule has 1 aliphatic heterocycles. The molecule has 0 bridgehead atoms. The largest absolute Gasteiger partial charge is 0.416 e. The van der Waals surface area contributed by atoms with Gasteiger partial charge < -0.3 is 9.42 Å². The van der Waals surface area contributed by atoms with Crippen LogP contribution >= 0.6 is 0 Å². The molecule has 164 valence electrons. The van der Waals surface area contributed by atoms with Crippen molar-refractivity contribution in [3.63, 3.8) is 0 Å². The molecule has 0 unspecified atom stereocenters. The molecule has 3 aromatic rings. The molecule has 0 atom stereocenters. The van der Waals surface area contributed by atoms with E-state index in [2.05, 4.69) is 25.0 Å². The normalized spacial score (nSPS) is 15.5. The lowest BCUT2D eigenvalue weighted by Crippen LogP contribution is -2.46. The predicted octanol–water partition coefficient (Wildman–Crippen LogP) is 3.57. The van der Waals surface area contributed by atoms with Crippen LogP contribution in [0.25, 0.3) is 11.4 Å². The number of hydrogen-bond acceptors (Lipinski definition) is 7. The van der Waals surface area contributed by atoms with E-state index in [0.29, 0.717) is 56.5 Å². The van der Waals surface area contributed by atoms with Gasteiger partial charge in [0.05, 0.1) is 17.8 Å². The number of aromatic nitrogens is 4. The minimum absolute atomic E-state index is 0.106. The molecule has 1 fully saturated rings. The van der Waals surface area contributed by atoms with Crippen LogP contribution < -0.4 is 4.90 Å². The van der Waals surface area contributed by atoms with Gasteiger partial charge in [0.15, 0.2) is 11.6 Å². The Morgan fingerprint density at radius 1 is 1.10 bits per heavy atom. The molecule has 1 aromatic carbocycles. The first-order valence-electron chi connectivity index (χ1n) is 9.82. The first-order chi connectivity index (χ1) is 14.8. The maximum absolute atomic E-state index is 14.5. The van der Waals surface area contributed by atoms with Gasteiger partial charge in [0, 0.05) is 31.7 Å². The van der Waals surface area contributed by atoms with Crippen molar-refractivity contribution in [1.82, 2.24) is 25.0 Å². The van der Waals surface area contributed by atoms with E-state index in [0.717, 1.165) is 12.1 Å². The molecule has 3 heterocycles. The first-order valence-corrected chi connectivity index (χ1v) is 9.82. The van der Waals surface area contributed by atoms with Crippen molar-refractivity contribution < 1.29 is 22.1 Å². The molecule has 0 N–H and O–H groups in total. The lowest BCUT2D eigenvalue weighted by atomic mass is 10.1. The molecule has 1 saturated heterocycles. The average Bonchev–Trinajstić information content (AvgIpc) is 3.23. The van der Waals surface area contributed by atoms with Gasteiger partial charge >= 0.3 is 6.18 Å². The van der Waals surface area contributed by atoms with Crippen molar-refractivity contribution in [2.24, 2.45) is 0 Å². The quantitative estimate of drug-likeness (QED) is 0.567. The minimum atomic E-state index is -4.44. The Hall–Kier alpha value is -3.08. The SMILES string of the molecule is CCc1ncnc(N2CCN(Cc3nc(-c4cccc(C(F)(F)F)c4)no3)CC2)c1F. The van der Waals surface area contributed by atoms with Crippen LogP contribution in [-0.2, 0) is 19.1 Å². The standard InChI is InChI=1S/C20H20F4N6O/c1-2-15-17(21)19(26-12-25-15)30-8-6-29(7-9-30)11-16-27-18(28-31-16)13-4-3-5-14(10-13)20(22,23)24/h3-5,10,12H,2,6-9,11H2,1H3. The molecule has 11 heteroatoms. The number of alkyl halides is 3. The van der Waals surface area contributed by atoms with Crippen LogP contribution in [0.2, 0.25) is 0 Å². The second-order valence-corrected chi connectivity index (χ2v) is 7.16. The fourth-order valence-corrected chi connectivity index (χ4v) is 3.44. The molecule has 0 amide bonds. The van der Waals surface area contributed by atoms with Crippen molar-refractivity contribution >= 4 is 5.82 Å². The van der Waals surface area contributed by atoms with Crippen LogP contribution in [-0.4, -0.2) is 51.2 Å². The van der Waals surface area contributed by atoms with Crippen LogP contribution in [0.1, 0.15) is 24.1 Å². The van der Waals surface area contributed by atoms with Crippen molar-refractivity contribution in [2.45, 2.75) is 26.1 Å². The van der Waals surface area contributed by atoms with E-state index in [9.17, 15) is 17.6 Å². The van der Waals surface area contributed by atoms with Gasteiger partial charge in [0.2, 0.25) is 11.7 Å². The molecule has 0 radical (unpaired) electrons. The van der Waals surface area contributed by atoms with Gasteiger partial charge in [-0.1, -0.05) is 24.2 Å². The second kappa shape index (κ2) is 8.58. The molecule has 0 saturated carbocycles. The highest BCUT2D eigenvalue weighted by Gasteiger charge is 2.31. The average molecular weight is 436 g/mol. The zero-order valence-electron chi connectivity index (χ0n) is 16.7. The summed E-state index contributed by atoms with van der Waals surface area (Å²) in [5.74, 6) is 0.328. The monoisotopic (exact) mass is 436 g/mol. The van der Waals surface area contributed by atoms with Gasteiger partial charge in [-0.25, -0.2) is 14.4 Å². The van der Waals surface area contributed by atoms with Gasteiger partial charge in [0.1, 0.15) is 6.33 Å². The maximum Gasteiger partial charge on any atom is 0.416 e. The Labute approximate surface area is 175 Å². The topological polar surface area (TPSA) is 71.2 Å². The Bertz CT molecular complexity index is 1050. The number of halogens is 4. The van der Waals surface area contributed by atoms with Crippen molar-refractivity contribution in [3.8, 4) is 11.4 Å². The highest BCUT2D eigenvalue weighted by molar-refractivity contribution is 5.55. The molecule has 0 aliphatic carbocycles. The van der Waals surface area contributed by atoms with Crippen LogP contribution in [0, 0.1) is 5.82 Å². The van der Waals surface area contributed by atoms with Gasteiger partial charge in [-0.15, -0.1) is 0 Å². The van der Waals surface area contributed by atoms with E-state index in [1.807, 2.05) is 11.8 Å². The zero-order chi connectivity index (χ0) is 22.0.